The number of ether oxygens (including phenoxy) is 3. The minimum absolute atomic E-state index is 0.239. The summed E-state index contributed by atoms with van der Waals surface area (Å²) < 4.78 is 16.5. The fourth-order valence-electron chi connectivity index (χ4n) is 2.52. The molecule has 20 heavy (non-hydrogen) atoms. The average Bonchev–Trinajstić information content (AvgIpc) is 2.95. The van der Waals surface area contributed by atoms with E-state index in [9.17, 15) is 0 Å². The first-order chi connectivity index (χ1) is 9.78. The number of rotatable bonds is 8. The third kappa shape index (κ3) is 4.12. The third-order valence-electron chi connectivity index (χ3n) is 3.90. The largest absolute Gasteiger partial charge is 0.497 e. The van der Waals surface area contributed by atoms with E-state index >= 15 is 0 Å². The predicted octanol–water partition coefficient (Wildman–Crippen LogP) is 2.48. The van der Waals surface area contributed by atoms with E-state index in [2.05, 4.69) is 12.2 Å². The van der Waals surface area contributed by atoms with Crippen molar-refractivity contribution in [2.45, 2.75) is 19.8 Å². The Kier molecular flexibility index (Phi) is 5.68. The van der Waals surface area contributed by atoms with Crippen molar-refractivity contribution in [3.05, 3.63) is 24.3 Å². The van der Waals surface area contributed by atoms with Crippen molar-refractivity contribution in [1.82, 2.24) is 5.32 Å². The summed E-state index contributed by atoms with van der Waals surface area (Å²) in [4.78, 5) is 0. The minimum atomic E-state index is 0.239. The molecule has 1 heterocycles. The van der Waals surface area contributed by atoms with Crippen LogP contribution in [0.3, 0.4) is 0 Å². The van der Waals surface area contributed by atoms with E-state index in [1.54, 1.807) is 7.11 Å². The monoisotopic (exact) mass is 279 g/mol. The first-order valence-electron chi connectivity index (χ1n) is 7.33. The molecule has 1 aromatic carbocycles. The molecule has 4 nitrogen and oxygen atoms in total. The van der Waals surface area contributed by atoms with Gasteiger partial charge in [-0.15, -0.1) is 0 Å². The number of hydrogen-bond acceptors (Lipinski definition) is 4. The summed E-state index contributed by atoms with van der Waals surface area (Å²) >= 11 is 0. The highest BCUT2D eigenvalue weighted by molar-refractivity contribution is 5.31. The van der Waals surface area contributed by atoms with Crippen LogP contribution in [0.2, 0.25) is 0 Å². The first-order valence-corrected chi connectivity index (χ1v) is 7.33. The highest BCUT2D eigenvalue weighted by Gasteiger charge is 2.34. The Labute approximate surface area is 121 Å². The molecule has 1 aliphatic heterocycles. The topological polar surface area (TPSA) is 39.7 Å². The molecule has 0 aliphatic carbocycles. The van der Waals surface area contributed by atoms with Crippen LogP contribution in [-0.4, -0.2) is 40.0 Å². The van der Waals surface area contributed by atoms with Crippen molar-refractivity contribution in [3.8, 4) is 11.5 Å². The second kappa shape index (κ2) is 7.50. The van der Waals surface area contributed by atoms with E-state index in [-0.39, 0.29) is 5.41 Å². The molecule has 112 valence electrons. The van der Waals surface area contributed by atoms with Crippen LogP contribution < -0.4 is 14.8 Å². The lowest BCUT2D eigenvalue weighted by atomic mass is 9.84. The Morgan fingerprint density at radius 1 is 1.25 bits per heavy atom. The smallest absolute Gasteiger partial charge is 0.119 e. The molecule has 1 atom stereocenters. The zero-order chi connectivity index (χ0) is 14.3. The Bertz CT molecular complexity index is 385. The van der Waals surface area contributed by atoms with Gasteiger partial charge in [-0.3, -0.25) is 0 Å². The molecular formula is C16H25NO3. The van der Waals surface area contributed by atoms with E-state index in [1.165, 1.54) is 0 Å². The molecular weight excluding hydrogens is 254 g/mol. The lowest BCUT2D eigenvalue weighted by molar-refractivity contribution is 0.129. The zero-order valence-corrected chi connectivity index (χ0v) is 12.5. The Balaban J connectivity index is 1.80. The summed E-state index contributed by atoms with van der Waals surface area (Å²) in [5, 5.41) is 3.44. The van der Waals surface area contributed by atoms with Crippen LogP contribution >= 0.6 is 0 Å². The van der Waals surface area contributed by atoms with Gasteiger partial charge in [0.25, 0.3) is 0 Å². The van der Waals surface area contributed by atoms with Crippen molar-refractivity contribution in [2.75, 3.05) is 40.0 Å². The molecule has 0 saturated carbocycles. The summed E-state index contributed by atoms with van der Waals surface area (Å²) in [5.74, 6) is 1.74. The number of hydrogen-bond donors (Lipinski definition) is 1. The summed E-state index contributed by atoms with van der Waals surface area (Å²) in [6, 6.07) is 7.73. The van der Waals surface area contributed by atoms with Gasteiger partial charge in [0.05, 0.1) is 20.3 Å². The van der Waals surface area contributed by atoms with Crippen LogP contribution in [0.1, 0.15) is 19.8 Å². The predicted molar refractivity (Wildman–Crippen MR) is 79.5 cm³/mol. The molecule has 1 unspecified atom stereocenters. The van der Waals surface area contributed by atoms with Crippen LogP contribution in [-0.2, 0) is 4.74 Å². The van der Waals surface area contributed by atoms with Gasteiger partial charge in [-0.1, -0.05) is 6.92 Å². The van der Waals surface area contributed by atoms with Crippen molar-refractivity contribution in [3.63, 3.8) is 0 Å². The highest BCUT2D eigenvalue weighted by atomic mass is 16.5. The van der Waals surface area contributed by atoms with Crippen LogP contribution in [0.25, 0.3) is 0 Å². The zero-order valence-electron chi connectivity index (χ0n) is 12.5. The summed E-state index contributed by atoms with van der Waals surface area (Å²) in [6.07, 6.45) is 2.14. The molecule has 1 N–H and O–H groups in total. The van der Waals surface area contributed by atoms with Gasteiger partial charge >= 0.3 is 0 Å². The van der Waals surface area contributed by atoms with Crippen molar-refractivity contribution in [2.24, 2.45) is 5.41 Å². The molecule has 0 radical (unpaired) electrons. The first kappa shape index (κ1) is 15.1. The lowest BCUT2D eigenvalue weighted by Gasteiger charge is -2.27. The van der Waals surface area contributed by atoms with Gasteiger partial charge in [-0.25, -0.2) is 0 Å². The maximum Gasteiger partial charge on any atom is 0.119 e. The lowest BCUT2D eigenvalue weighted by Crippen LogP contribution is -2.36. The van der Waals surface area contributed by atoms with Gasteiger partial charge < -0.3 is 19.5 Å². The minimum Gasteiger partial charge on any atom is -0.497 e. The van der Waals surface area contributed by atoms with Crippen LogP contribution in [0.4, 0.5) is 0 Å². The van der Waals surface area contributed by atoms with Crippen LogP contribution in [0.5, 0.6) is 11.5 Å². The molecule has 1 fully saturated rings. The molecule has 0 spiro atoms. The van der Waals surface area contributed by atoms with E-state index < -0.39 is 0 Å². The molecule has 2 rings (SSSR count). The summed E-state index contributed by atoms with van der Waals surface area (Å²) in [7, 11) is 1.67. The van der Waals surface area contributed by atoms with E-state index in [4.69, 9.17) is 14.2 Å². The van der Waals surface area contributed by atoms with Crippen molar-refractivity contribution in [1.29, 1.82) is 0 Å². The van der Waals surface area contributed by atoms with E-state index in [1.807, 2.05) is 24.3 Å². The van der Waals surface area contributed by atoms with Gasteiger partial charge in [-0.2, -0.15) is 0 Å². The van der Waals surface area contributed by atoms with Gasteiger partial charge in [0.1, 0.15) is 11.5 Å². The molecule has 0 amide bonds. The van der Waals surface area contributed by atoms with Crippen molar-refractivity contribution < 1.29 is 14.2 Å². The van der Waals surface area contributed by atoms with Gasteiger partial charge in [0, 0.05) is 18.6 Å². The Hall–Kier alpha value is -1.26. The van der Waals surface area contributed by atoms with Gasteiger partial charge in [-0.05, 0) is 43.7 Å². The number of methoxy groups -OCH3 is 1. The quantitative estimate of drug-likeness (QED) is 0.793. The van der Waals surface area contributed by atoms with Crippen molar-refractivity contribution >= 4 is 0 Å². The summed E-state index contributed by atoms with van der Waals surface area (Å²) in [6.45, 7) is 6.58. The molecule has 1 saturated heterocycles. The molecule has 0 bridgehead atoms. The maximum absolute atomic E-state index is 5.83. The van der Waals surface area contributed by atoms with E-state index in [0.29, 0.717) is 0 Å². The third-order valence-corrected chi connectivity index (χ3v) is 3.90. The van der Waals surface area contributed by atoms with Gasteiger partial charge in [0.2, 0.25) is 0 Å². The van der Waals surface area contributed by atoms with E-state index in [0.717, 1.165) is 57.3 Å². The fraction of sp³-hybridized carbons (Fsp3) is 0.625. The van der Waals surface area contributed by atoms with Gasteiger partial charge in [0.15, 0.2) is 0 Å². The van der Waals surface area contributed by atoms with Crippen LogP contribution in [0.15, 0.2) is 24.3 Å². The number of benzene rings is 1. The normalized spacial score (nSPS) is 21.9. The Morgan fingerprint density at radius 2 is 2.00 bits per heavy atom. The second-order valence-corrected chi connectivity index (χ2v) is 5.36. The van der Waals surface area contributed by atoms with Crippen LogP contribution in [0, 0.1) is 5.41 Å². The fourth-order valence-corrected chi connectivity index (χ4v) is 2.52. The second-order valence-electron chi connectivity index (χ2n) is 5.36. The Morgan fingerprint density at radius 3 is 2.60 bits per heavy atom. The SMILES string of the molecule is CCNCC1(CCOc2ccc(OC)cc2)CCOC1. The standard InChI is InChI=1S/C16H25NO3/c1-3-17-12-16(8-10-19-13-16)9-11-20-15-6-4-14(18-2)5-7-15/h4-7,17H,3,8-13H2,1-2H3. The molecule has 0 aromatic heterocycles. The average molecular weight is 279 g/mol. The molecule has 4 heteroatoms. The molecule has 1 aliphatic rings. The molecule has 1 aromatic rings. The highest BCUT2D eigenvalue weighted by Crippen LogP contribution is 2.32. The number of nitrogens with one attached hydrogen (secondary N) is 1. The summed E-state index contributed by atoms with van der Waals surface area (Å²) in [5.41, 5.74) is 0.239. The maximum atomic E-state index is 5.83.